The van der Waals surface area contributed by atoms with Gasteiger partial charge in [0.1, 0.15) is 0 Å². The van der Waals surface area contributed by atoms with Gasteiger partial charge in [-0.3, -0.25) is 0 Å². The van der Waals surface area contributed by atoms with Crippen LogP contribution < -0.4 is 4.74 Å². The van der Waals surface area contributed by atoms with Gasteiger partial charge in [0.2, 0.25) is 0 Å². The molecule has 11 heavy (non-hydrogen) atoms. The molecule has 0 saturated heterocycles. The summed E-state index contributed by atoms with van der Waals surface area (Å²) in [5.74, 6) is -0.0864. The molecule has 0 N–H and O–H groups in total. The number of benzene rings is 1. The second kappa shape index (κ2) is 3.71. The van der Waals surface area contributed by atoms with Gasteiger partial charge < -0.3 is 4.74 Å². The molecule has 0 unspecified atom stereocenters. The number of rotatable bonds is 1. The number of methoxy groups -OCH3 is 1. The van der Waals surface area contributed by atoms with Crippen molar-refractivity contribution in [1.82, 2.24) is 0 Å². The molecule has 0 heterocycles. The molecule has 0 atom stereocenters. The molecule has 0 aliphatic rings. The zero-order valence-corrected chi connectivity index (χ0v) is 9.44. The largest absolute Gasteiger partial charge is 0.492 e. The quantitative estimate of drug-likeness (QED) is 0.718. The molecule has 0 radical (unpaired) electrons. The van der Waals surface area contributed by atoms with E-state index >= 15 is 0 Å². The topological polar surface area (TPSA) is 9.23 Å². The molecule has 1 nitrogen and oxygen atoms in total. The summed E-state index contributed by atoms with van der Waals surface area (Å²) in [6, 6.07) is 3.21. The predicted molar refractivity (Wildman–Crippen MR) is 53.4 cm³/mol. The number of hydrogen-bond acceptors (Lipinski definition) is 1. The SMILES string of the molecule is COc1c(F)cc(I)cc1Br. The van der Waals surface area contributed by atoms with Crippen LogP contribution in [0.2, 0.25) is 0 Å². The Labute approximate surface area is 86.2 Å². The van der Waals surface area contributed by atoms with Crippen LogP contribution in [-0.4, -0.2) is 7.11 Å². The molecule has 0 aliphatic heterocycles. The second-order valence-corrected chi connectivity index (χ2v) is 4.00. The Kier molecular flexibility index (Phi) is 3.12. The molecule has 60 valence electrons. The van der Waals surface area contributed by atoms with Crippen LogP contribution in [0.15, 0.2) is 16.6 Å². The lowest BCUT2D eigenvalue weighted by molar-refractivity contribution is 0.383. The van der Waals surface area contributed by atoms with Gasteiger partial charge in [0, 0.05) is 3.57 Å². The van der Waals surface area contributed by atoms with Crippen LogP contribution in [0.5, 0.6) is 5.75 Å². The molecule has 1 rings (SSSR count). The summed E-state index contributed by atoms with van der Waals surface area (Å²) in [6.45, 7) is 0. The van der Waals surface area contributed by atoms with Crippen molar-refractivity contribution in [2.45, 2.75) is 0 Å². The molecule has 1 aromatic rings. The molecular weight excluding hydrogens is 326 g/mol. The van der Waals surface area contributed by atoms with Gasteiger partial charge in [0.05, 0.1) is 11.6 Å². The van der Waals surface area contributed by atoms with Gasteiger partial charge in [-0.2, -0.15) is 0 Å². The van der Waals surface area contributed by atoms with Crippen molar-refractivity contribution in [3.05, 3.63) is 26.0 Å². The zero-order valence-electron chi connectivity index (χ0n) is 5.70. The van der Waals surface area contributed by atoms with E-state index in [2.05, 4.69) is 15.9 Å². The number of halogens is 3. The van der Waals surface area contributed by atoms with Gasteiger partial charge in [0.15, 0.2) is 11.6 Å². The smallest absolute Gasteiger partial charge is 0.168 e. The van der Waals surface area contributed by atoms with Crippen LogP contribution in [-0.2, 0) is 0 Å². The third kappa shape index (κ3) is 2.05. The van der Waals surface area contributed by atoms with Crippen molar-refractivity contribution in [1.29, 1.82) is 0 Å². The van der Waals surface area contributed by atoms with Gasteiger partial charge in [-0.05, 0) is 50.7 Å². The standard InChI is InChI=1S/C7H5BrFIO/c1-11-7-5(8)2-4(10)3-6(7)9/h2-3H,1H3. The summed E-state index contributed by atoms with van der Waals surface area (Å²) >= 11 is 5.23. The Bertz CT molecular complexity index is 254. The number of ether oxygens (including phenoxy) is 1. The van der Waals surface area contributed by atoms with Gasteiger partial charge in [-0.25, -0.2) is 4.39 Å². The van der Waals surface area contributed by atoms with E-state index < -0.39 is 0 Å². The summed E-state index contributed by atoms with van der Waals surface area (Å²) < 4.78 is 19.2. The third-order valence-corrected chi connectivity index (χ3v) is 2.38. The molecular formula is C7H5BrFIO. The van der Waals surface area contributed by atoms with E-state index in [1.807, 2.05) is 22.6 Å². The summed E-state index contributed by atoms with van der Waals surface area (Å²) in [5, 5.41) is 0. The first-order valence-corrected chi connectivity index (χ1v) is 4.71. The van der Waals surface area contributed by atoms with E-state index in [1.54, 1.807) is 6.07 Å². The van der Waals surface area contributed by atoms with Gasteiger partial charge >= 0.3 is 0 Å². The maximum Gasteiger partial charge on any atom is 0.168 e. The zero-order chi connectivity index (χ0) is 8.43. The minimum Gasteiger partial charge on any atom is -0.492 e. The van der Waals surface area contributed by atoms with Crippen LogP contribution in [0.25, 0.3) is 0 Å². The van der Waals surface area contributed by atoms with Crippen molar-refractivity contribution in [3.8, 4) is 5.75 Å². The van der Waals surface area contributed by atoms with E-state index in [4.69, 9.17) is 4.74 Å². The molecule has 0 aliphatic carbocycles. The maximum absolute atomic E-state index is 13.0. The van der Waals surface area contributed by atoms with Crippen molar-refractivity contribution in [2.24, 2.45) is 0 Å². The van der Waals surface area contributed by atoms with E-state index in [1.165, 1.54) is 13.2 Å². The Balaban J connectivity index is 3.25. The fraction of sp³-hybridized carbons (Fsp3) is 0.143. The Morgan fingerprint density at radius 3 is 2.64 bits per heavy atom. The van der Waals surface area contributed by atoms with E-state index in [9.17, 15) is 4.39 Å². The fourth-order valence-electron chi connectivity index (χ4n) is 0.724. The summed E-state index contributed by atoms with van der Waals surface area (Å²) in [6.07, 6.45) is 0. The summed E-state index contributed by atoms with van der Waals surface area (Å²) in [7, 11) is 1.44. The lowest BCUT2D eigenvalue weighted by atomic mass is 10.3. The van der Waals surface area contributed by atoms with E-state index in [-0.39, 0.29) is 11.6 Å². The van der Waals surface area contributed by atoms with Crippen molar-refractivity contribution < 1.29 is 9.13 Å². The molecule has 0 amide bonds. The average Bonchev–Trinajstić information content (AvgIpc) is 1.85. The molecule has 0 saturated carbocycles. The Morgan fingerprint density at radius 2 is 2.18 bits per heavy atom. The average molecular weight is 331 g/mol. The van der Waals surface area contributed by atoms with Crippen molar-refractivity contribution in [3.63, 3.8) is 0 Å². The first-order chi connectivity index (χ1) is 5.15. The van der Waals surface area contributed by atoms with Crippen LogP contribution in [0, 0.1) is 9.39 Å². The first kappa shape index (κ1) is 9.25. The predicted octanol–water partition coefficient (Wildman–Crippen LogP) is 3.20. The highest BCUT2D eigenvalue weighted by Crippen LogP contribution is 2.29. The second-order valence-electron chi connectivity index (χ2n) is 1.90. The van der Waals surface area contributed by atoms with Crippen LogP contribution in [0.3, 0.4) is 0 Å². The maximum atomic E-state index is 13.0. The fourth-order valence-corrected chi connectivity index (χ4v) is 2.33. The van der Waals surface area contributed by atoms with Gasteiger partial charge in [-0.1, -0.05) is 0 Å². The van der Waals surface area contributed by atoms with Gasteiger partial charge in [0.25, 0.3) is 0 Å². The normalized spacial score (nSPS) is 9.82. The minimum atomic E-state index is -0.341. The Morgan fingerprint density at radius 1 is 1.55 bits per heavy atom. The van der Waals surface area contributed by atoms with Crippen LogP contribution >= 0.6 is 38.5 Å². The third-order valence-electron chi connectivity index (χ3n) is 1.17. The highest BCUT2D eigenvalue weighted by molar-refractivity contribution is 14.1. The van der Waals surface area contributed by atoms with E-state index in [0.29, 0.717) is 4.47 Å². The lowest BCUT2D eigenvalue weighted by Crippen LogP contribution is -1.89. The van der Waals surface area contributed by atoms with Crippen molar-refractivity contribution in [2.75, 3.05) is 7.11 Å². The molecule has 0 fully saturated rings. The lowest BCUT2D eigenvalue weighted by Gasteiger charge is -2.03. The molecule has 1 aromatic carbocycles. The first-order valence-electron chi connectivity index (χ1n) is 2.83. The number of hydrogen-bond donors (Lipinski definition) is 0. The molecule has 0 bridgehead atoms. The molecule has 0 spiro atoms. The summed E-state index contributed by atoms with van der Waals surface area (Å²) in [5.41, 5.74) is 0. The van der Waals surface area contributed by atoms with Crippen LogP contribution in [0.4, 0.5) is 4.39 Å². The highest BCUT2D eigenvalue weighted by atomic mass is 127. The molecule has 0 aromatic heterocycles. The molecule has 4 heteroatoms. The summed E-state index contributed by atoms with van der Waals surface area (Å²) in [4.78, 5) is 0. The van der Waals surface area contributed by atoms with Crippen LogP contribution in [0.1, 0.15) is 0 Å². The monoisotopic (exact) mass is 330 g/mol. The highest BCUT2D eigenvalue weighted by Gasteiger charge is 2.07. The van der Waals surface area contributed by atoms with E-state index in [0.717, 1.165) is 3.57 Å². The van der Waals surface area contributed by atoms with Gasteiger partial charge in [-0.15, -0.1) is 0 Å². The van der Waals surface area contributed by atoms with Crippen molar-refractivity contribution >= 4 is 38.5 Å². The Hall–Kier alpha value is 0.160. The minimum absolute atomic E-state index is 0.255.